The van der Waals surface area contributed by atoms with Crippen LogP contribution in [0.3, 0.4) is 0 Å². The van der Waals surface area contributed by atoms with E-state index in [1.807, 2.05) is 6.08 Å². The predicted octanol–water partition coefficient (Wildman–Crippen LogP) is 3.70. The third kappa shape index (κ3) is 1.73. The Morgan fingerprint density at radius 2 is 1.75 bits per heavy atom. The normalized spacial score (nSPS) is 9.88. The molecule has 1 nitrogen and oxygen atoms in total. The van der Waals surface area contributed by atoms with Crippen molar-refractivity contribution in [1.29, 1.82) is 0 Å². The molecule has 0 N–H and O–H groups in total. The van der Waals surface area contributed by atoms with Gasteiger partial charge in [0.1, 0.15) is 0 Å². The maximum absolute atomic E-state index is 3.63. The lowest BCUT2D eigenvalue weighted by atomic mass is 10.0. The third-order valence-corrected chi connectivity index (χ3v) is 2.67. The van der Waals surface area contributed by atoms with Gasteiger partial charge in [0.05, 0.1) is 0 Å². The lowest BCUT2D eigenvalue weighted by molar-refractivity contribution is 1.14. The fourth-order valence-corrected chi connectivity index (χ4v) is 1.93. The second kappa shape index (κ2) is 4.26. The topological polar surface area (TPSA) is 3.24 Å². The Labute approximate surface area is 96.3 Å². The molecule has 0 saturated heterocycles. The highest BCUT2D eigenvalue weighted by Gasteiger charge is 2.04. The molecule has 0 heterocycles. The van der Waals surface area contributed by atoms with Gasteiger partial charge >= 0.3 is 0 Å². The van der Waals surface area contributed by atoms with Crippen LogP contribution in [0.15, 0.2) is 48.7 Å². The van der Waals surface area contributed by atoms with Crippen LogP contribution >= 0.6 is 0 Å². The number of anilines is 1. The number of fused-ring (bicyclic) bond motifs is 1. The summed E-state index contributed by atoms with van der Waals surface area (Å²) in [6.45, 7) is 3.63. The molecule has 2 aromatic carbocycles. The summed E-state index contributed by atoms with van der Waals surface area (Å²) in [6.07, 6.45) is 1.92. The number of rotatable bonds is 2. The molecule has 0 aliphatic heterocycles. The number of hydrogen-bond donors (Lipinski definition) is 0. The van der Waals surface area contributed by atoms with Crippen molar-refractivity contribution in [1.82, 2.24) is 0 Å². The monoisotopic (exact) mass is 209 g/mol. The van der Waals surface area contributed by atoms with Gasteiger partial charge in [-0.3, -0.25) is 0 Å². The van der Waals surface area contributed by atoms with Crippen molar-refractivity contribution in [3.8, 4) is 0 Å². The SMILES string of the molecule is C=C=Cc1ccc(N(C)C)c2ccccc12. The van der Waals surface area contributed by atoms with Crippen molar-refractivity contribution in [2.45, 2.75) is 0 Å². The highest BCUT2D eigenvalue weighted by atomic mass is 15.1. The van der Waals surface area contributed by atoms with E-state index in [2.05, 4.69) is 67.7 Å². The molecule has 0 atom stereocenters. The van der Waals surface area contributed by atoms with E-state index in [0.717, 1.165) is 5.56 Å². The fourth-order valence-electron chi connectivity index (χ4n) is 1.93. The van der Waals surface area contributed by atoms with Gasteiger partial charge in [-0.05, 0) is 23.1 Å². The zero-order valence-electron chi connectivity index (χ0n) is 9.70. The highest BCUT2D eigenvalue weighted by Crippen LogP contribution is 2.28. The second-order valence-electron chi connectivity index (χ2n) is 3.96. The van der Waals surface area contributed by atoms with Gasteiger partial charge in [0.2, 0.25) is 0 Å². The third-order valence-electron chi connectivity index (χ3n) is 2.67. The van der Waals surface area contributed by atoms with Crippen LogP contribution in [0.25, 0.3) is 16.8 Å². The number of nitrogens with zero attached hydrogens (tertiary/aromatic N) is 1. The van der Waals surface area contributed by atoms with Gasteiger partial charge in [-0.2, -0.15) is 0 Å². The standard InChI is InChI=1S/C15H15N/c1-4-7-12-10-11-15(16(2)3)14-9-6-5-8-13(12)14/h5-11H,1H2,2-3H3. The van der Waals surface area contributed by atoms with Gasteiger partial charge < -0.3 is 4.90 Å². The van der Waals surface area contributed by atoms with E-state index in [1.54, 1.807) is 0 Å². The van der Waals surface area contributed by atoms with Crippen LogP contribution in [0.2, 0.25) is 0 Å². The first-order valence-corrected chi connectivity index (χ1v) is 5.29. The Morgan fingerprint density at radius 1 is 1.06 bits per heavy atom. The smallest absolute Gasteiger partial charge is 0.0441 e. The van der Waals surface area contributed by atoms with E-state index in [4.69, 9.17) is 0 Å². The summed E-state index contributed by atoms with van der Waals surface area (Å²) in [5.41, 5.74) is 5.23. The molecule has 0 aliphatic rings. The first-order chi connectivity index (χ1) is 7.74. The molecule has 0 bridgehead atoms. The summed E-state index contributed by atoms with van der Waals surface area (Å²) < 4.78 is 0. The first kappa shape index (κ1) is 10.5. The molecular weight excluding hydrogens is 194 g/mol. The summed E-state index contributed by atoms with van der Waals surface area (Å²) in [7, 11) is 4.12. The Bertz CT molecular complexity index is 561. The van der Waals surface area contributed by atoms with Gasteiger partial charge in [-0.25, -0.2) is 0 Å². The molecule has 2 rings (SSSR count). The summed E-state index contributed by atoms with van der Waals surface area (Å²) in [5.74, 6) is 0. The molecule has 0 aliphatic carbocycles. The van der Waals surface area contributed by atoms with Gasteiger partial charge in [-0.15, -0.1) is 5.73 Å². The molecule has 0 spiro atoms. The van der Waals surface area contributed by atoms with Crippen LogP contribution in [0.1, 0.15) is 5.56 Å². The molecule has 80 valence electrons. The van der Waals surface area contributed by atoms with Gasteiger partial charge in [0, 0.05) is 25.2 Å². The van der Waals surface area contributed by atoms with Crippen molar-refractivity contribution in [3.63, 3.8) is 0 Å². The minimum absolute atomic E-state index is 1.16. The van der Waals surface area contributed by atoms with E-state index in [1.165, 1.54) is 16.5 Å². The Hall–Kier alpha value is -1.98. The highest BCUT2D eigenvalue weighted by molar-refractivity contribution is 5.99. The van der Waals surface area contributed by atoms with E-state index < -0.39 is 0 Å². The molecule has 0 radical (unpaired) electrons. The zero-order valence-corrected chi connectivity index (χ0v) is 9.70. The van der Waals surface area contributed by atoms with Crippen LogP contribution < -0.4 is 4.90 Å². The van der Waals surface area contributed by atoms with E-state index in [0.29, 0.717) is 0 Å². The fraction of sp³-hybridized carbons (Fsp3) is 0.133. The van der Waals surface area contributed by atoms with Crippen molar-refractivity contribution < 1.29 is 0 Å². The molecule has 0 fully saturated rings. The minimum Gasteiger partial charge on any atom is -0.377 e. The quantitative estimate of drug-likeness (QED) is 0.682. The van der Waals surface area contributed by atoms with Crippen LogP contribution in [0, 0.1) is 0 Å². The number of benzene rings is 2. The zero-order chi connectivity index (χ0) is 11.5. The molecule has 1 heteroatoms. The van der Waals surface area contributed by atoms with Gasteiger partial charge in [0.15, 0.2) is 0 Å². The summed E-state index contributed by atoms with van der Waals surface area (Å²) in [6, 6.07) is 12.6. The molecule has 0 unspecified atom stereocenters. The van der Waals surface area contributed by atoms with Crippen molar-refractivity contribution in [2.75, 3.05) is 19.0 Å². The lowest BCUT2D eigenvalue weighted by Crippen LogP contribution is -2.09. The van der Waals surface area contributed by atoms with Crippen LogP contribution in [0.5, 0.6) is 0 Å². The van der Waals surface area contributed by atoms with Crippen molar-refractivity contribution >= 4 is 22.5 Å². The van der Waals surface area contributed by atoms with Crippen LogP contribution in [0.4, 0.5) is 5.69 Å². The Balaban J connectivity index is 2.81. The molecule has 0 saturated carbocycles. The van der Waals surface area contributed by atoms with Crippen molar-refractivity contribution in [2.24, 2.45) is 0 Å². The minimum atomic E-state index is 1.16. The maximum atomic E-state index is 3.63. The van der Waals surface area contributed by atoms with Gasteiger partial charge in [0.25, 0.3) is 0 Å². The first-order valence-electron chi connectivity index (χ1n) is 5.29. The Morgan fingerprint density at radius 3 is 2.38 bits per heavy atom. The maximum Gasteiger partial charge on any atom is 0.0441 e. The summed E-state index contributed by atoms with van der Waals surface area (Å²) in [5, 5.41) is 2.50. The van der Waals surface area contributed by atoms with E-state index in [9.17, 15) is 0 Å². The van der Waals surface area contributed by atoms with Crippen LogP contribution in [-0.4, -0.2) is 14.1 Å². The average molecular weight is 209 g/mol. The number of hydrogen-bond acceptors (Lipinski definition) is 1. The van der Waals surface area contributed by atoms with Crippen molar-refractivity contribution in [3.05, 3.63) is 54.3 Å². The summed E-state index contributed by atoms with van der Waals surface area (Å²) >= 11 is 0. The second-order valence-corrected chi connectivity index (χ2v) is 3.96. The van der Waals surface area contributed by atoms with E-state index >= 15 is 0 Å². The molecule has 0 aromatic heterocycles. The predicted molar refractivity (Wildman–Crippen MR) is 71.9 cm³/mol. The van der Waals surface area contributed by atoms with Gasteiger partial charge in [-0.1, -0.05) is 36.9 Å². The van der Waals surface area contributed by atoms with Crippen LogP contribution in [-0.2, 0) is 0 Å². The molecule has 16 heavy (non-hydrogen) atoms. The average Bonchev–Trinajstić information content (AvgIpc) is 2.29. The van der Waals surface area contributed by atoms with E-state index in [-0.39, 0.29) is 0 Å². The summed E-state index contributed by atoms with van der Waals surface area (Å²) in [4.78, 5) is 2.13. The Kier molecular flexibility index (Phi) is 2.80. The molecule has 0 amide bonds. The molecule has 2 aromatic rings. The molecular formula is C15H15N. The lowest BCUT2D eigenvalue weighted by Gasteiger charge is -2.16. The largest absolute Gasteiger partial charge is 0.377 e.